The van der Waals surface area contributed by atoms with Gasteiger partial charge < -0.3 is 14.2 Å². The zero-order valence-corrected chi connectivity index (χ0v) is 23.7. The number of hydrogen-bond acceptors (Lipinski definition) is 5. The summed E-state index contributed by atoms with van der Waals surface area (Å²) >= 11 is 0. The predicted octanol–water partition coefficient (Wildman–Crippen LogP) is 5.85. The molecule has 5 nitrogen and oxygen atoms in total. The van der Waals surface area contributed by atoms with Gasteiger partial charge in [-0.05, 0) is 66.0 Å². The first-order valence-electron chi connectivity index (χ1n) is 13.6. The molecule has 4 aliphatic rings. The predicted molar refractivity (Wildman–Crippen MR) is 139 cm³/mol. The van der Waals surface area contributed by atoms with Gasteiger partial charge in [-0.1, -0.05) is 66.7 Å². The molecule has 0 radical (unpaired) electrons. The summed E-state index contributed by atoms with van der Waals surface area (Å²) in [6.45, 7) is 18.5. The van der Waals surface area contributed by atoms with Crippen LogP contribution in [0.3, 0.4) is 0 Å². The lowest BCUT2D eigenvalue weighted by Gasteiger charge is -2.42. The number of rotatable bonds is 6. The van der Waals surface area contributed by atoms with Gasteiger partial charge in [0.25, 0.3) is 0 Å². The Hall–Kier alpha value is -1.88. The van der Waals surface area contributed by atoms with E-state index in [0.717, 1.165) is 0 Å². The molecule has 5 heteroatoms. The molecule has 0 spiro atoms. The molecule has 2 bridgehead atoms. The first-order valence-corrected chi connectivity index (χ1v) is 13.6. The fourth-order valence-corrected chi connectivity index (χ4v) is 7.79. The standard InChI is InChI=1S/C31H44O5/c1-26(2)12-13-27(3,4)21-16-19(10-11-20(21)26)30(8)22(17-34-9)23(30)18-35-25(33)31-15-14-29(7,24(32)36-31)28(31,5)6/h10-11,16,22-23H,12-15,17-18H2,1-9H3/t22-,23?,29?,30?,31?/m0/s1. The maximum Gasteiger partial charge on any atom is 0.351 e. The summed E-state index contributed by atoms with van der Waals surface area (Å²) in [5, 5.41) is 0. The molecular weight excluding hydrogens is 452 g/mol. The molecule has 4 unspecified atom stereocenters. The minimum Gasteiger partial charge on any atom is -0.462 e. The van der Waals surface area contributed by atoms with E-state index in [9.17, 15) is 9.59 Å². The van der Waals surface area contributed by atoms with Crippen LogP contribution in [0.1, 0.15) is 97.8 Å². The fourth-order valence-electron chi connectivity index (χ4n) is 7.79. The van der Waals surface area contributed by atoms with Crippen molar-refractivity contribution in [3.8, 4) is 0 Å². The third-order valence-corrected chi connectivity index (χ3v) is 11.5. The molecule has 5 atom stereocenters. The molecule has 1 aromatic rings. The summed E-state index contributed by atoms with van der Waals surface area (Å²) in [7, 11) is 1.74. The van der Waals surface area contributed by atoms with Crippen molar-refractivity contribution in [2.24, 2.45) is 22.7 Å². The second-order valence-electron chi connectivity index (χ2n) is 14.3. The Morgan fingerprint density at radius 3 is 2.06 bits per heavy atom. The Labute approximate surface area is 216 Å². The molecule has 1 saturated heterocycles. The zero-order valence-electron chi connectivity index (χ0n) is 23.7. The van der Waals surface area contributed by atoms with E-state index in [0.29, 0.717) is 26.1 Å². The number of fused-ring (bicyclic) bond motifs is 3. The van der Waals surface area contributed by atoms with Crippen LogP contribution >= 0.6 is 0 Å². The van der Waals surface area contributed by atoms with E-state index in [-0.39, 0.29) is 40.0 Å². The lowest BCUT2D eigenvalue weighted by molar-refractivity contribution is -0.183. The smallest absolute Gasteiger partial charge is 0.351 e. The first-order chi connectivity index (χ1) is 16.6. The molecule has 0 N–H and O–H groups in total. The zero-order chi connectivity index (χ0) is 26.5. The van der Waals surface area contributed by atoms with Gasteiger partial charge in [0.2, 0.25) is 5.60 Å². The van der Waals surface area contributed by atoms with Crippen LogP contribution in [0.4, 0.5) is 0 Å². The van der Waals surface area contributed by atoms with Gasteiger partial charge in [-0.2, -0.15) is 0 Å². The van der Waals surface area contributed by atoms with E-state index in [1.165, 1.54) is 29.5 Å². The summed E-state index contributed by atoms with van der Waals surface area (Å²) in [5.74, 6) is -0.244. The number of hydrogen-bond donors (Lipinski definition) is 0. The van der Waals surface area contributed by atoms with Crippen molar-refractivity contribution < 1.29 is 23.8 Å². The quantitative estimate of drug-likeness (QED) is 0.462. The van der Waals surface area contributed by atoms with E-state index in [2.05, 4.69) is 52.8 Å². The molecule has 0 aromatic heterocycles. The van der Waals surface area contributed by atoms with Crippen molar-refractivity contribution in [3.05, 3.63) is 34.9 Å². The van der Waals surface area contributed by atoms with E-state index < -0.39 is 16.4 Å². The van der Waals surface area contributed by atoms with Gasteiger partial charge >= 0.3 is 11.9 Å². The van der Waals surface area contributed by atoms with Crippen molar-refractivity contribution in [1.29, 1.82) is 0 Å². The van der Waals surface area contributed by atoms with Crippen LogP contribution in [-0.2, 0) is 40.0 Å². The topological polar surface area (TPSA) is 61.8 Å². The molecule has 3 aliphatic carbocycles. The highest BCUT2D eigenvalue weighted by atomic mass is 16.6. The third-order valence-electron chi connectivity index (χ3n) is 11.5. The molecule has 36 heavy (non-hydrogen) atoms. The average molecular weight is 497 g/mol. The lowest BCUT2D eigenvalue weighted by atomic mass is 9.62. The number of methoxy groups -OCH3 is 1. The van der Waals surface area contributed by atoms with E-state index >= 15 is 0 Å². The molecule has 1 heterocycles. The normalized spacial score (nSPS) is 38.9. The molecule has 1 aliphatic heterocycles. The first kappa shape index (κ1) is 25.8. The van der Waals surface area contributed by atoms with Crippen molar-refractivity contribution in [2.45, 2.75) is 103 Å². The van der Waals surface area contributed by atoms with Gasteiger partial charge in [0.1, 0.15) is 0 Å². The highest BCUT2D eigenvalue weighted by Crippen LogP contribution is 2.66. The van der Waals surface area contributed by atoms with E-state index in [1.54, 1.807) is 7.11 Å². The van der Waals surface area contributed by atoms with Crippen LogP contribution in [-0.4, -0.2) is 37.9 Å². The van der Waals surface area contributed by atoms with Gasteiger partial charge in [-0.3, -0.25) is 4.79 Å². The van der Waals surface area contributed by atoms with Crippen molar-refractivity contribution >= 4 is 11.9 Å². The Bertz CT molecular complexity index is 1120. The van der Waals surface area contributed by atoms with E-state index in [4.69, 9.17) is 14.2 Å². The van der Waals surface area contributed by atoms with Gasteiger partial charge in [0.05, 0.1) is 18.6 Å². The van der Waals surface area contributed by atoms with Gasteiger partial charge in [0.15, 0.2) is 0 Å². The number of carbonyl (C=O) groups is 2. The van der Waals surface area contributed by atoms with Crippen molar-refractivity contribution in [1.82, 2.24) is 0 Å². The summed E-state index contributed by atoms with van der Waals surface area (Å²) in [6.07, 6.45) is 3.55. The lowest BCUT2D eigenvalue weighted by Crippen LogP contribution is -2.49. The summed E-state index contributed by atoms with van der Waals surface area (Å²) in [6, 6.07) is 7.04. The summed E-state index contributed by atoms with van der Waals surface area (Å²) < 4.78 is 17.4. The molecule has 0 amide bonds. The van der Waals surface area contributed by atoms with Crippen LogP contribution < -0.4 is 0 Å². The highest BCUT2D eigenvalue weighted by Gasteiger charge is 2.76. The SMILES string of the molecule is COC[C@H]1C(COC(=O)C23CCC(C)(C(=O)O2)C3(C)C)C1(C)c1ccc2c(c1)C(C)(C)CCC2(C)C. The Morgan fingerprint density at radius 1 is 0.889 bits per heavy atom. The summed E-state index contributed by atoms with van der Waals surface area (Å²) in [5.41, 5.74) is 1.97. The molecular formula is C31H44O5. The molecule has 3 fully saturated rings. The number of benzene rings is 1. The largest absolute Gasteiger partial charge is 0.462 e. The Kier molecular flexibility index (Phi) is 5.43. The maximum absolute atomic E-state index is 13.5. The number of carbonyl (C=O) groups excluding carboxylic acids is 2. The second-order valence-corrected chi connectivity index (χ2v) is 14.3. The Balaban J connectivity index is 1.40. The number of ether oxygens (including phenoxy) is 3. The molecule has 198 valence electrons. The molecule has 5 rings (SSSR count). The minimum atomic E-state index is -1.18. The fraction of sp³-hybridized carbons (Fsp3) is 0.742. The van der Waals surface area contributed by atoms with Crippen LogP contribution in [0.15, 0.2) is 18.2 Å². The van der Waals surface area contributed by atoms with Crippen LogP contribution in [0.5, 0.6) is 0 Å². The molecule has 1 aromatic carbocycles. The van der Waals surface area contributed by atoms with Crippen molar-refractivity contribution in [3.63, 3.8) is 0 Å². The highest BCUT2D eigenvalue weighted by molar-refractivity contribution is 5.93. The number of esters is 2. The molecule has 2 saturated carbocycles. The average Bonchev–Trinajstić information content (AvgIpc) is 3.27. The van der Waals surface area contributed by atoms with Crippen LogP contribution in [0.25, 0.3) is 0 Å². The maximum atomic E-state index is 13.5. The Morgan fingerprint density at radius 2 is 1.50 bits per heavy atom. The van der Waals surface area contributed by atoms with Gasteiger partial charge in [0, 0.05) is 23.9 Å². The van der Waals surface area contributed by atoms with Gasteiger partial charge in [-0.25, -0.2) is 4.79 Å². The second kappa shape index (κ2) is 7.58. The van der Waals surface area contributed by atoms with Gasteiger partial charge in [-0.15, -0.1) is 0 Å². The monoisotopic (exact) mass is 496 g/mol. The van der Waals surface area contributed by atoms with Crippen molar-refractivity contribution in [2.75, 3.05) is 20.3 Å². The third kappa shape index (κ3) is 3.10. The summed E-state index contributed by atoms with van der Waals surface area (Å²) in [4.78, 5) is 26.1. The van der Waals surface area contributed by atoms with E-state index in [1.807, 2.05) is 20.8 Å². The van der Waals surface area contributed by atoms with Crippen LogP contribution in [0.2, 0.25) is 0 Å². The minimum absolute atomic E-state index is 0.132. The van der Waals surface area contributed by atoms with Crippen LogP contribution in [0, 0.1) is 22.7 Å².